The van der Waals surface area contributed by atoms with Gasteiger partial charge in [-0.3, -0.25) is 0 Å². The van der Waals surface area contributed by atoms with Crippen LogP contribution >= 0.6 is 38.5 Å². The molecule has 1 aliphatic rings. The number of ether oxygens (including phenoxy) is 2. The van der Waals surface area contributed by atoms with Crippen molar-refractivity contribution in [2.45, 2.75) is 12.7 Å². The van der Waals surface area contributed by atoms with Crippen LogP contribution in [0.3, 0.4) is 0 Å². The molecule has 0 saturated carbocycles. The van der Waals surface area contributed by atoms with Gasteiger partial charge >= 0.3 is 0 Å². The Labute approximate surface area is 155 Å². The fraction of sp³-hybridized carbons (Fsp3) is 0.235. The average molecular weight is 486 g/mol. The third-order valence-electron chi connectivity index (χ3n) is 3.87. The maximum Gasteiger partial charge on any atom is 0.227 e. The molecule has 1 fully saturated rings. The number of halogens is 2. The summed E-state index contributed by atoms with van der Waals surface area (Å²) < 4.78 is 19.7. The Morgan fingerprint density at radius 2 is 1.83 bits per heavy atom. The van der Waals surface area contributed by atoms with Crippen molar-refractivity contribution in [3.63, 3.8) is 0 Å². The Kier molecular flexibility index (Phi) is 3.95. The summed E-state index contributed by atoms with van der Waals surface area (Å²) in [7, 11) is 0. The van der Waals surface area contributed by atoms with Crippen LogP contribution in [0, 0.1) is 3.57 Å². The Hall–Kier alpha value is -0.960. The fourth-order valence-corrected chi connectivity index (χ4v) is 3.53. The molecular weight excluding hydrogens is 473 g/mol. The normalized spacial score (nSPS) is 17.0. The first kappa shape index (κ1) is 15.6. The van der Waals surface area contributed by atoms with Crippen LogP contribution in [0.15, 0.2) is 45.3 Å². The van der Waals surface area contributed by atoms with E-state index in [4.69, 9.17) is 13.9 Å². The monoisotopic (exact) mass is 485 g/mol. The van der Waals surface area contributed by atoms with E-state index in [1.165, 1.54) is 3.57 Å². The number of nitrogens with zero attached hydrogens (tertiary/aromatic N) is 1. The number of hydrogen-bond donors (Lipinski definition) is 0. The van der Waals surface area contributed by atoms with Gasteiger partial charge in [-0.15, -0.1) is 0 Å². The molecule has 2 aromatic carbocycles. The van der Waals surface area contributed by atoms with E-state index in [0.717, 1.165) is 21.1 Å². The minimum absolute atomic E-state index is 0.572. The van der Waals surface area contributed by atoms with Gasteiger partial charge in [0.1, 0.15) is 5.52 Å². The van der Waals surface area contributed by atoms with Gasteiger partial charge in [-0.05, 0) is 65.9 Å². The van der Waals surface area contributed by atoms with Crippen LogP contribution in [-0.4, -0.2) is 18.2 Å². The second-order valence-electron chi connectivity index (χ2n) is 5.47. The SMILES string of the molecule is CC1(c2cc(Br)cc3nc(-c4ccc(I)cc4)oc23)OCCO1. The topological polar surface area (TPSA) is 44.5 Å². The van der Waals surface area contributed by atoms with E-state index >= 15 is 0 Å². The maximum absolute atomic E-state index is 6.06. The van der Waals surface area contributed by atoms with Crippen LogP contribution in [-0.2, 0) is 15.3 Å². The first-order chi connectivity index (χ1) is 11.0. The molecule has 1 aliphatic heterocycles. The highest BCUT2D eigenvalue weighted by atomic mass is 127. The van der Waals surface area contributed by atoms with Gasteiger partial charge in [0, 0.05) is 13.6 Å². The minimum Gasteiger partial charge on any atom is -0.436 e. The van der Waals surface area contributed by atoms with Crippen LogP contribution in [0.4, 0.5) is 0 Å². The van der Waals surface area contributed by atoms with E-state index in [2.05, 4.69) is 43.5 Å². The van der Waals surface area contributed by atoms with Gasteiger partial charge in [0.15, 0.2) is 11.4 Å². The maximum atomic E-state index is 6.06. The summed E-state index contributed by atoms with van der Waals surface area (Å²) in [6.07, 6.45) is 0. The summed E-state index contributed by atoms with van der Waals surface area (Å²) in [5.41, 5.74) is 3.28. The molecule has 1 saturated heterocycles. The summed E-state index contributed by atoms with van der Waals surface area (Å²) in [4.78, 5) is 4.63. The predicted octanol–water partition coefficient (Wildman–Crippen LogP) is 5.08. The molecule has 23 heavy (non-hydrogen) atoms. The van der Waals surface area contributed by atoms with Crippen molar-refractivity contribution in [2.75, 3.05) is 13.2 Å². The van der Waals surface area contributed by atoms with E-state index in [9.17, 15) is 0 Å². The predicted molar refractivity (Wildman–Crippen MR) is 99.1 cm³/mol. The van der Waals surface area contributed by atoms with Crippen molar-refractivity contribution in [1.82, 2.24) is 4.98 Å². The van der Waals surface area contributed by atoms with Crippen molar-refractivity contribution >= 4 is 49.6 Å². The average Bonchev–Trinajstić information content (AvgIpc) is 3.14. The largest absolute Gasteiger partial charge is 0.436 e. The lowest BCUT2D eigenvalue weighted by atomic mass is 10.1. The van der Waals surface area contributed by atoms with E-state index in [1.807, 2.05) is 43.3 Å². The summed E-state index contributed by atoms with van der Waals surface area (Å²) in [6.45, 7) is 3.06. The van der Waals surface area contributed by atoms with Crippen LogP contribution in [0.1, 0.15) is 12.5 Å². The number of benzene rings is 2. The van der Waals surface area contributed by atoms with Gasteiger partial charge in [0.2, 0.25) is 5.89 Å². The van der Waals surface area contributed by atoms with E-state index in [-0.39, 0.29) is 0 Å². The van der Waals surface area contributed by atoms with Gasteiger partial charge in [-0.25, -0.2) is 4.98 Å². The molecule has 6 heteroatoms. The molecule has 0 atom stereocenters. The molecule has 0 spiro atoms. The lowest BCUT2D eigenvalue weighted by molar-refractivity contribution is -0.149. The molecule has 0 radical (unpaired) electrons. The van der Waals surface area contributed by atoms with Gasteiger partial charge in [-0.2, -0.15) is 0 Å². The molecule has 4 nitrogen and oxygen atoms in total. The summed E-state index contributed by atoms with van der Waals surface area (Å²) >= 11 is 5.81. The lowest BCUT2D eigenvalue weighted by Gasteiger charge is -2.22. The minimum atomic E-state index is -0.801. The van der Waals surface area contributed by atoms with Gasteiger partial charge in [0.05, 0.1) is 18.8 Å². The molecule has 0 unspecified atom stereocenters. The van der Waals surface area contributed by atoms with Crippen molar-refractivity contribution in [3.05, 3.63) is 50.0 Å². The molecule has 1 aromatic heterocycles. The number of rotatable bonds is 2. The van der Waals surface area contributed by atoms with Gasteiger partial charge in [0.25, 0.3) is 0 Å². The van der Waals surface area contributed by atoms with Crippen LogP contribution in [0.5, 0.6) is 0 Å². The van der Waals surface area contributed by atoms with Crippen molar-refractivity contribution < 1.29 is 13.9 Å². The molecule has 118 valence electrons. The fourth-order valence-electron chi connectivity index (χ4n) is 2.72. The van der Waals surface area contributed by atoms with E-state index < -0.39 is 5.79 Å². The van der Waals surface area contributed by atoms with Gasteiger partial charge in [-0.1, -0.05) is 15.9 Å². The highest BCUT2D eigenvalue weighted by Gasteiger charge is 2.36. The number of hydrogen-bond acceptors (Lipinski definition) is 4. The third-order valence-corrected chi connectivity index (χ3v) is 5.05. The first-order valence-corrected chi connectivity index (χ1v) is 9.07. The van der Waals surface area contributed by atoms with E-state index in [0.29, 0.717) is 24.7 Å². The molecule has 0 N–H and O–H groups in total. The Morgan fingerprint density at radius 3 is 2.52 bits per heavy atom. The van der Waals surface area contributed by atoms with Crippen molar-refractivity contribution in [3.8, 4) is 11.5 Å². The second-order valence-corrected chi connectivity index (χ2v) is 7.63. The standard InChI is InChI=1S/C17H13BrINO3/c1-17(21-6-7-22-17)13-8-11(18)9-14-15(13)23-16(20-14)10-2-4-12(19)5-3-10/h2-5,8-9H,6-7H2,1H3. The van der Waals surface area contributed by atoms with Crippen LogP contribution in [0.25, 0.3) is 22.6 Å². The number of fused-ring (bicyclic) bond motifs is 1. The Morgan fingerprint density at radius 1 is 1.13 bits per heavy atom. The zero-order chi connectivity index (χ0) is 16.0. The molecule has 2 heterocycles. The number of oxazole rings is 1. The van der Waals surface area contributed by atoms with Gasteiger partial charge < -0.3 is 13.9 Å². The molecule has 0 bridgehead atoms. The summed E-state index contributed by atoms with van der Waals surface area (Å²) in [5, 5.41) is 0. The third kappa shape index (κ3) is 2.82. The lowest BCUT2D eigenvalue weighted by Crippen LogP contribution is -2.22. The highest BCUT2D eigenvalue weighted by Crippen LogP contribution is 2.39. The van der Waals surface area contributed by atoms with Crippen LogP contribution in [0.2, 0.25) is 0 Å². The summed E-state index contributed by atoms with van der Waals surface area (Å²) in [6, 6.07) is 12.0. The highest BCUT2D eigenvalue weighted by molar-refractivity contribution is 14.1. The smallest absolute Gasteiger partial charge is 0.227 e. The quantitative estimate of drug-likeness (QED) is 0.475. The Bertz CT molecular complexity index is 869. The summed E-state index contributed by atoms with van der Waals surface area (Å²) in [5.74, 6) is -0.206. The van der Waals surface area contributed by atoms with E-state index in [1.54, 1.807) is 0 Å². The molecule has 0 aliphatic carbocycles. The van der Waals surface area contributed by atoms with Crippen molar-refractivity contribution in [1.29, 1.82) is 0 Å². The first-order valence-electron chi connectivity index (χ1n) is 7.20. The number of aromatic nitrogens is 1. The molecule has 0 amide bonds. The molecule has 3 aromatic rings. The molecular formula is C17H13BrINO3. The molecule has 4 rings (SSSR count). The Balaban J connectivity index is 1.89. The zero-order valence-corrected chi connectivity index (χ0v) is 16.0. The van der Waals surface area contributed by atoms with Crippen molar-refractivity contribution in [2.24, 2.45) is 0 Å². The van der Waals surface area contributed by atoms with Crippen LogP contribution < -0.4 is 0 Å². The zero-order valence-electron chi connectivity index (χ0n) is 12.3. The second kappa shape index (κ2) is 5.84.